The third-order valence-corrected chi connectivity index (χ3v) is 7.73. The predicted octanol–water partition coefficient (Wildman–Crippen LogP) is 5.28. The Morgan fingerprint density at radius 2 is 1.94 bits per heavy atom. The Morgan fingerprint density at radius 3 is 2.61 bits per heavy atom. The average Bonchev–Trinajstić information content (AvgIpc) is 3.45. The van der Waals surface area contributed by atoms with Crippen LogP contribution < -0.4 is 0 Å². The van der Waals surface area contributed by atoms with Crippen LogP contribution in [0.25, 0.3) is 10.1 Å². The summed E-state index contributed by atoms with van der Waals surface area (Å²) in [5.74, 6) is 0.114. The standard InChI is InChI=1S/C23H24ClN3O3S/c1-2-30-23(29)17-13-18(14-7-8-14)27(25-17)15-9-11-26(12-10-15)22(28)21-20(24)16-5-3-4-6-19(16)31-21/h3-6,13-15H,2,7-12H2,1H3. The normalized spacial score (nSPS) is 17.3. The third-order valence-electron chi connectivity index (χ3n) is 6.07. The molecule has 0 N–H and O–H groups in total. The summed E-state index contributed by atoms with van der Waals surface area (Å²) in [5, 5.41) is 6.09. The third kappa shape index (κ3) is 3.85. The molecule has 0 radical (unpaired) electrons. The molecule has 31 heavy (non-hydrogen) atoms. The summed E-state index contributed by atoms with van der Waals surface area (Å²) in [6, 6.07) is 9.92. The number of hydrogen-bond acceptors (Lipinski definition) is 5. The molecule has 0 bridgehead atoms. The monoisotopic (exact) mass is 457 g/mol. The van der Waals surface area contributed by atoms with Crippen molar-refractivity contribution >= 4 is 44.9 Å². The van der Waals surface area contributed by atoms with E-state index in [1.807, 2.05) is 39.9 Å². The van der Waals surface area contributed by atoms with Crippen molar-refractivity contribution < 1.29 is 14.3 Å². The zero-order chi connectivity index (χ0) is 21.5. The highest BCUT2D eigenvalue weighted by Crippen LogP contribution is 2.42. The van der Waals surface area contributed by atoms with E-state index >= 15 is 0 Å². The fourth-order valence-electron chi connectivity index (χ4n) is 4.30. The first kappa shape index (κ1) is 20.5. The quantitative estimate of drug-likeness (QED) is 0.489. The number of carbonyl (C=O) groups excluding carboxylic acids is 2. The number of carbonyl (C=O) groups is 2. The van der Waals surface area contributed by atoms with Crippen LogP contribution in [0.1, 0.15) is 70.4 Å². The van der Waals surface area contributed by atoms with Crippen LogP contribution >= 0.6 is 22.9 Å². The minimum absolute atomic E-state index is 0.000237. The van der Waals surface area contributed by atoms with Crippen LogP contribution in [-0.4, -0.2) is 46.3 Å². The molecule has 2 aromatic heterocycles. The van der Waals surface area contributed by atoms with E-state index in [0.29, 0.717) is 41.2 Å². The van der Waals surface area contributed by atoms with E-state index in [2.05, 4.69) is 5.10 Å². The lowest BCUT2D eigenvalue weighted by Crippen LogP contribution is -2.39. The summed E-state index contributed by atoms with van der Waals surface area (Å²) in [6.07, 6.45) is 3.88. The van der Waals surface area contributed by atoms with Gasteiger partial charge in [-0.25, -0.2) is 4.79 Å². The minimum atomic E-state index is -0.366. The number of hydrogen-bond donors (Lipinski definition) is 0. The number of likely N-dealkylation sites (tertiary alicyclic amines) is 1. The number of aromatic nitrogens is 2. The lowest BCUT2D eigenvalue weighted by molar-refractivity contribution is 0.0517. The molecular weight excluding hydrogens is 434 g/mol. The highest BCUT2D eigenvalue weighted by molar-refractivity contribution is 7.21. The van der Waals surface area contributed by atoms with Gasteiger partial charge in [-0.1, -0.05) is 29.8 Å². The van der Waals surface area contributed by atoms with Gasteiger partial charge in [0.15, 0.2) is 5.69 Å². The zero-order valence-corrected chi connectivity index (χ0v) is 18.9. The van der Waals surface area contributed by atoms with Gasteiger partial charge in [0.2, 0.25) is 0 Å². The first-order chi connectivity index (χ1) is 15.1. The second-order valence-corrected chi connectivity index (χ2v) is 9.59. The van der Waals surface area contributed by atoms with Crippen LogP contribution in [0.4, 0.5) is 0 Å². The second kappa shape index (κ2) is 8.28. The largest absolute Gasteiger partial charge is 0.461 e. The average molecular weight is 458 g/mol. The van der Waals surface area contributed by atoms with Gasteiger partial charge in [-0.05, 0) is 44.7 Å². The summed E-state index contributed by atoms with van der Waals surface area (Å²) >= 11 is 7.98. The lowest BCUT2D eigenvalue weighted by atomic mass is 10.0. The molecule has 0 spiro atoms. The van der Waals surface area contributed by atoms with Gasteiger partial charge in [-0.2, -0.15) is 5.10 Å². The van der Waals surface area contributed by atoms with Gasteiger partial charge in [-0.15, -0.1) is 11.3 Å². The van der Waals surface area contributed by atoms with Crippen LogP contribution in [0, 0.1) is 0 Å². The number of thiophene rings is 1. The Labute approximate surface area is 189 Å². The van der Waals surface area contributed by atoms with Crippen molar-refractivity contribution in [2.24, 2.45) is 0 Å². The second-order valence-electron chi connectivity index (χ2n) is 8.16. The van der Waals surface area contributed by atoms with Crippen LogP contribution in [0.2, 0.25) is 5.02 Å². The van der Waals surface area contributed by atoms with Gasteiger partial charge in [0.1, 0.15) is 4.88 Å². The fourth-order valence-corrected chi connectivity index (χ4v) is 5.78. The number of fused-ring (bicyclic) bond motifs is 1. The molecule has 5 rings (SSSR count). The molecule has 0 atom stereocenters. The summed E-state index contributed by atoms with van der Waals surface area (Å²) in [5.41, 5.74) is 1.51. The molecule has 1 aliphatic heterocycles. The summed E-state index contributed by atoms with van der Waals surface area (Å²) in [6.45, 7) is 3.43. The van der Waals surface area contributed by atoms with Gasteiger partial charge in [0.05, 0.1) is 17.7 Å². The van der Waals surface area contributed by atoms with Crippen LogP contribution in [0.3, 0.4) is 0 Å². The molecule has 3 heterocycles. The van der Waals surface area contributed by atoms with E-state index in [1.54, 1.807) is 6.92 Å². The van der Waals surface area contributed by atoms with Crippen molar-refractivity contribution in [3.05, 3.63) is 51.6 Å². The molecule has 3 aromatic rings. The van der Waals surface area contributed by atoms with Crippen molar-refractivity contribution in [3.63, 3.8) is 0 Å². The number of rotatable bonds is 5. The Kier molecular flexibility index (Phi) is 5.48. The molecule has 0 unspecified atom stereocenters. The van der Waals surface area contributed by atoms with E-state index in [9.17, 15) is 9.59 Å². The van der Waals surface area contributed by atoms with Gasteiger partial charge >= 0.3 is 5.97 Å². The van der Waals surface area contributed by atoms with Crippen molar-refractivity contribution in [2.75, 3.05) is 19.7 Å². The lowest BCUT2D eigenvalue weighted by Gasteiger charge is -2.32. The molecule has 1 amide bonds. The number of halogens is 1. The number of amides is 1. The SMILES string of the molecule is CCOC(=O)c1cc(C2CC2)n(C2CCN(C(=O)c3sc4ccccc4c3Cl)CC2)n1. The minimum Gasteiger partial charge on any atom is -0.461 e. The number of benzene rings is 1. The van der Waals surface area contributed by atoms with E-state index in [4.69, 9.17) is 16.3 Å². The molecule has 2 fully saturated rings. The smallest absolute Gasteiger partial charge is 0.358 e. The van der Waals surface area contributed by atoms with Gasteiger partial charge in [0.25, 0.3) is 5.91 Å². The number of ether oxygens (including phenoxy) is 1. The highest BCUT2D eigenvalue weighted by atomic mass is 35.5. The zero-order valence-electron chi connectivity index (χ0n) is 17.3. The maximum atomic E-state index is 13.2. The maximum absolute atomic E-state index is 13.2. The van der Waals surface area contributed by atoms with Crippen LogP contribution in [-0.2, 0) is 4.74 Å². The van der Waals surface area contributed by atoms with Crippen molar-refractivity contribution in [1.29, 1.82) is 0 Å². The summed E-state index contributed by atoms with van der Waals surface area (Å²) in [4.78, 5) is 27.8. The molecule has 6 nitrogen and oxygen atoms in total. The molecule has 1 saturated heterocycles. The molecular formula is C23H24ClN3O3S. The Hall–Kier alpha value is -2.38. The van der Waals surface area contributed by atoms with Crippen molar-refractivity contribution in [3.8, 4) is 0 Å². The summed E-state index contributed by atoms with van der Waals surface area (Å²) in [7, 11) is 0. The Bertz CT molecular complexity index is 1140. The molecule has 1 aromatic carbocycles. The van der Waals surface area contributed by atoms with E-state index in [-0.39, 0.29) is 17.9 Å². The Balaban J connectivity index is 1.32. The molecule has 2 aliphatic rings. The van der Waals surface area contributed by atoms with E-state index in [1.165, 1.54) is 11.3 Å². The Morgan fingerprint density at radius 1 is 1.19 bits per heavy atom. The van der Waals surface area contributed by atoms with E-state index < -0.39 is 0 Å². The predicted molar refractivity (Wildman–Crippen MR) is 121 cm³/mol. The van der Waals surface area contributed by atoms with Crippen LogP contribution in [0.15, 0.2) is 30.3 Å². The van der Waals surface area contributed by atoms with Crippen molar-refractivity contribution in [2.45, 2.75) is 44.6 Å². The van der Waals surface area contributed by atoms with Gasteiger partial charge in [-0.3, -0.25) is 9.48 Å². The molecule has 162 valence electrons. The highest BCUT2D eigenvalue weighted by Gasteiger charge is 2.34. The van der Waals surface area contributed by atoms with Crippen LogP contribution in [0.5, 0.6) is 0 Å². The van der Waals surface area contributed by atoms with Gasteiger partial charge < -0.3 is 9.64 Å². The number of nitrogens with zero attached hydrogens (tertiary/aromatic N) is 3. The first-order valence-electron chi connectivity index (χ1n) is 10.8. The van der Waals surface area contributed by atoms with E-state index in [0.717, 1.165) is 41.5 Å². The van der Waals surface area contributed by atoms with Gasteiger partial charge in [0, 0.05) is 34.8 Å². The fraction of sp³-hybridized carbons (Fsp3) is 0.435. The molecule has 8 heteroatoms. The number of piperidine rings is 1. The maximum Gasteiger partial charge on any atom is 0.358 e. The topological polar surface area (TPSA) is 64.4 Å². The molecule has 1 saturated carbocycles. The van der Waals surface area contributed by atoms with Crippen molar-refractivity contribution in [1.82, 2.24) is 14.7 Å². The summed E-state index contributed by atoms with van der Waals surface area (Å²) < 4.78 is 8.19. The number of esters is 1. The first-order valence-corrected chi connectivity index (χ1v) is 12.0. The molecule has 1 aliphatic carbocycles.